The van der Waals surface area contributed by atoms with Crippen LogP contribution in [0.25, 0.3) is 0 Å². The summed E-state index contributed by atoms with van der Waals surface area (Å²) in [4.78, 5) is 14.5. The van der Waals surface area contributed by atoms with Gasteiger partial charge in [0.2, 0.25) is 5.91 Å². The molecule has 1 aliphatic rings. The third-order valence-electron chi connectivity index (χ3n) is 7.31. The van der Waals surface area contributed by atoms with Crippen LogP contribution in [0.15, 0.2) is 89.8 Å². The molecule has 0 radical (unpaired) electrons. The van der Waals surface area contributed by atoms with E-state index >= 15 is 0 Å². The number of hydrogen-bond acceptors (Lipinski definition) is 3. The van der Waals surface area contributed by atoms with E-state index in [-0.39, 0.29) is 11.8 Å². The molecular weight excluding hydrogens is 440 g/mol. The topological polar surface area (TPSA) is 52.3 Å². The summed E-state index contributed by atoms with van der Waals surface area (Å²) in [5.41, 5.74) is 7.40. The predicted octanol–water partition coefficient (Wildman–Crippen LogP) is 5.12. The van der Waals surface area contributed by atoms with Gasteiger partial charge in [0.1, 0.15) is 11.2 Å². The average Bonchev–Trinajstić information content (AvgIpc) is 3.26. The van der Waals surface area contributed by atoms with Gasteiger partial charge in [0, 0.05) is 23.7 Å². The van der Waals surface area contributed by atoms with Crippen LogP contribution in [0.3, 0.4) is 0 Å². The summed E-state index contributed by atoms with van der Waals surface area (Å²) in [6, 6.07) is 28.5. The molecule has 0 bridgehead atoms. The summed E-state index contributed by atoms with van der Waals surface area (Å²) in [6.45, 7) is 3.64. The molecule has 1 fully saturated rings. The lowest BCUT2D eigenvalue weighted by atomic mass is 9.64. The van der Waals surface area contributed by atoms with E-state index in [9.17, 15) is 4.79 Å². The number of thioether (sulfide) groups is 1. The molecule has 178 valence electrons. The van der Waals surface area contributed by atoms with E-state index in [1.165, 1.54) is 4.90 Å². The highest BCUT2D eigenvalue weighted by Crippen LogP contribution is 2.45. The Bertz CT molecular complexity index is 1030. The van der Waals surface area contributed by atoms with Crippen molar-refractivity contribution in [1.29, 1.82) is 0 Å². The molecule has 4 rings (SSSR count). The quantitative estimate of drug-likeness (QED) is 0.252. The predicted molar refractivity (Wildman–Crippen MR) is 140 cm³/mol. The molecule has 0 spiro atoms. The highest BCUT2D eigenvalue weighted by atomic mass is 32.2. The summed E-state index contributed by atoms with van der Waals surface area (Å²) >= 11 is 1.73. The number of nitrogens with zero attached hydrogens (tertiary/aromatic N) is 1. The molecule has 1 aliphatic heterocycles. The van der Waals surface area contributed by atoms with Gasteiger partial charge < -0.3 is 15.0 Å². The van der Waals surface area contributed by atoms with E-state index < -0.39 is 5.41 Å². The fourth-order valence-electron chi connectivity index (χ4n) is 5.57. The Hall–Kier alpha value is -2.76. The van der Waals surface area contributed by atoms with Gasteiger partial charge >= 0.3 is 0 Å². The van der Waals surface area contributed by atoms with Gasteiger partial charge in [-0.2, -0.15) is 0 Å². The minimum absolute atomic E-state index is 0.139. The zero-order valence-corrected chi connectivity index (χ0v) is 21.0. The zero-order chi connectivity index (χ0) is 24.0. The van der Waals surface area contributed by atoms with Gasteiger partial charge in [-0.05, 0) is 41.6 Å². The van der Waals surface area contributed by atoms with Crippen molar-refractivity contribution in [2.75, 3.05) is 39.5 Å². The van der Waals surface area contributed by atoms with Crippen LogP contribution in [-0.4, -0.2) is 49.9 Å². The molecule has 1 heterocycles. The van der Waals surface area contributed by atoms with Crippen LogP contribution >= 0.6 is 11.8 Å². The number of amides is 1. The maximum absolute atomic E-state index is 13.3. The normalized spacial score (nSPS) is 20.2. The van der Waals surface area contributed by atoms with Crippen LogP contribution in [0, 0.1) is 5.92 Å². The van der Waals surface area contributed by atoms with E-state index in [4.69, 9.17) is 10.5 Å². The maximum Gasteiger partial charge on any atom is 0.233 e. The van der Waals surface area contributed by atoms with Crippen LogP contribution in [0.4, 0.5) is 0 Å². The van der Waals surface area contributed by atoms with Crippen molar-refractivity contribution in [3.8, 4) is 5.75 Å². The van der Waals surface area contributed by atoms with Gasteiger partial charge in [-0.25, -0.2) is 0 Å². The number of rotatable bonds is 10. The first-order chi connectivity index (χ1) is 16.5. The van der Waals surface area contributed by atoms with Crippen molar-refractivity contribution in [3.05, 3.63) is 96.1 Å². The SMILES string of the molecule is CSc1ccc(OCCC[N@+]2(C)CCC(C(C(N)=O)(c3ccccc3)c3ccccc3)C2)cc1. The second-order valence-corrected chi connectivity index (χ2v) is 10.4. The lowest BCUT2D eigenvalue weighted by molar-refractivity contribution is -0.899. The maximum atomic E-state index is 13.3. The van der Waals surface area contributed by atoms with Crippen molar-refractivity contribution in [2.45, 2.75) is 23.2 Å². The van der Waals surface area contributed by atoms with E-state index in [1.807, 2.05) is 48.5 Å². The van der Waals surface area contributed by atoms with Crippen molar-refractivity contribution in [2.24, 2.45) is 11.7 Å². The standard InChI is InChI=1S/C29H34N2O2S/c1-31(19-9-21-33-26-14-16-27(34-2)17-15-26)20-18-25(22-31)29(28(30)32,23-10-5-3-6-11-23)24-12-7-4-8-13-24/h3-8,10-17,25H,9,18-22H2,1-2H3,(H-,30,32)/p+1/t25?,31-/m1/s1. The first-order valence-corrected chi connectivity index (χ1v) is 13.2. The molecule has 34 heavy (non-hydrogen) atoms. The molecule has 2 atom stereocenters. The van der Waals surface area contributed by atoms with Crippen molar-refractivity contribution >= 4 is 17.7 Å². The molecule has 0 aliphatic carbocycles. The number of carbonyl (C=O) groups excluding carboxylic acids is 1. The van der Waals surface area contributed by atoms with Gasteiger partial charge in [-0.15, -0.1) is 11.8 Å². The largest absolute Gasteiger partial charge is 0.493 e. The third kappa shape index (κ3) is 5.01. The third-order valence-corrected chi connectivity index (χ3v) is 8.05. The molecule has 3 aromatic carbocycles. The Morgan fingerprint density at radius 3 is 2.12 bits per heavy atom. The summed E-state index contributed by atoms with van der Waals surface area (Å²) < 4.78 is 6.91. The number of nitrogens with two attached hydrogens (primary N) is 1. The van der Waals surface area contributed by atoms with Crippen LogP contribution in [0.5, 0.6) is 5.75 Å². The monoisotopic (exact) mass is 475 g/mol. The van der Waals surface area contributed by atoms with Gasteiger partial charge in [0.15, 0.2) is 0 Å². The van der Waals surface area contributed by atoms with Crippen LogP contribution in [0.2, 0.25) is 0 Å². The fraction of sp³-hybridized carbons (Fsp3) is 0.345. The minimum Gasteiger partial charge on any atom is -0.493 e. The Morgan fingerprint density at radius 1 is 1.00 bits per heavy atom. The number of primary amides is 1. The summed E-state index contributed by atoms with van der Waals surface area (Å²) in [6.07, 6.45) is 4.00. The Kier molecular flexibility index (Phi) is 7.64. The molecule has 2 N–H and O–H groups in total. The highest BCUT2D eigenvalue weighted by molar-refractivity contribution is 7.98. The minimum atomic E-state index is -0.825. The summed E-state index contributed by atoms with van der Waals surface area (Å²) in [5.74, 6) is 0.792. The molecule has 1 amide bonds. The van der Waals surface area contributed by atoms with Gasteiger partial charge in [-0.3, -0.25) is 4.79 Å². The first-order valence-electron chi connectivity index (χ1n) is 12.0. The second kappa shape index (κ2) is 10.7. The lowest BCUT2D eigenvalue weighted by Gasteiger charge is -2.38. The average molecular weight is 476 g/mol. The van der Waals surface area contributed by atoms with E-state index in [0.717, 1.165) is 53.8 Å². The Morgan fingerprint density at radius 2 is 1.59 bits per heavy atom. The number of quaternary nitrogens is 1. The number of benzene rings is 3. The molecule has 3 aromatic rings. The number of carbonyl (C=O) groups is 1. The van der Waals surface area contributed by atoms with Crippen LogP contribution in [0.1, 0.15) is 24.0 Å². The van der Waals surface area contributed by atoms with Gasteiger partial charge in [0.25, 0.3) is 0 Å². The van der Waals surface area contributed by atoms with Crippen LogP contribution < -0.4 is 10.5 Å². The molecule has 0 aromatic heterocycles. The first kappa shape index (κ1) is 24.4. The number of hydrogen-bond donors (Lipinski definition) is 1. The molecule has 4 nitrogen and oxygen atoms in total. The molecular formula is C29H35N2O2S+. The van der Waals surface area contributed by atoms with Crippen molar-refractivity contribution in [3.63, 3.8) is 0 Å². The smallest absolute Gasteiger partial charge is 0.233 e. The van der Waals surface area contributed by atoms with Gasteiger partial charge in [0.05, 0.1) is 33.3 Å². The highest BCUT2D eigenvalue weighted by Gasteiger charge is 2.53. The Balaban J connectivity index is 1.48. The van der Waals surface area contributed by atoms with E-state index in [2.05, 4.69) is 49.7 Å². The van der Waals surface area contributed by atoms with Gasteiger partial charge in [-0.1, -0.05) is 60.7 Å². The van der Waals surface area contributed by atoms with E-state index in [1.54, 1.807) is 11.8 Å². The second-order valence-electron chi connectivity index (χ2n) is 9.52. The Labute approximate surface area is 207 Å². The zero-order valence-electron chi connectivity index (χ0n) is 20.2. The molecule has 1 unspecified atom stereocenters. The van der Waals surface area contributed by atoms with E-state index in [0.29, 0.717) is 6.61 Å². The van der Waals surface area contributed by atoms with Crippen molar-refractivity contribution < 1.29 is 14.0 Å². The van der Waals surface area contributed by atoms with Crippen molar-refractivity contribution in [1.82, 2.24) is 0 Å². The summed E-state index contributed by atoms with van der Waals surface area (Å²) in [7, 11) is 2.30. The number of likely N-dealkylation sites (tertiary alicyclic amines) is 1. The lowest BCUT2D eigenvalue weighted by Crippen LogP contribution is -2.51. The number of ether oxygens (including phenoxy) is 1. The molecule has 5 heteroatoms. The molecule has 1 saturated heterocycles. The fourth-order valence-corrected chi connectivity index (χ4v) is 5.98. The summed E-state index contributed by atoms with van der Waals surface area (Å²) in [5, 5.41) is 0. The molecule has 0 saturated carbocycles. The van der Waals surface area contributed by atoms with Crippen LogP contribution in [-0.2, 0) is 10.2 Å².